The number of anilines is 1. The van der Waals surface area contributed by atoms with Crippen LogP contribution in [0.2, 0.25) is 0 Å². The van der Waals surface area contributed by atoms with Gasteiger partial charge in [-0.3, -0.25) is 4.79 Å². The summed E-state index contributed by atoms with van der Waals surface area (Å²) < 4.78 is 13.8. The van der Waals surface area contributed by atoms with Gasteiger partial charge in [0.15, 0.2) is 0 Å². The third-order valence-electron chi connectivity index (χ3n) is 3.86. The van der Waals surface area contributed by atoms with E-state index in [1.54, 1.807) is 18.2 Å². The zero-order chi connectivity index (χ0) is 13.8. The third kappa shape index (κ3) is 2.95. The van der Waals surface area contributed by atoms with Crippen molar-refractivity contribution in [2.75, 3.05) is 11.4 Å². The molecule has 0 aromatic heterocycles. The molecule has 1 aromatic rings. The standard InChI is InChI=1S/C15H21FN2O/c1-2-18(14-10-6-4-8-12(14)16)15(19)11-7-3-5-9-13(11)17/h4,6,8,10-11,13H,2-3,5,7,9,17H2,1H3. The van der Waals surface area contributed by atoms with E-state index in [-0.39, 0.29) is 23.7 Å². The van der Waals surface area contributed by atoms with Gasteiger partial charge in [0, 0.05) is 12.6 Å². The van der Waals surface area contributed by atoms with Crippen LogP contribution >= 0.6 is 0 Å². The average Bonchev–Trinajstić information content (AvgIpc) is 2.42. The van der Waals surface area contributed by atoms with E-state index in [1.165, 1.54) is 11.0 Å². The summed E-state index contributed by atoms with van der Waals surface area (Å²) in [4.78, 5) is 14.1. The zero-order valence-electron chi connectivity index (χ0n) is 11.3. The summed E-state index contributed by atoms with van der Waals surface area (Å²) in [5.74, 6) is -0.574. The Morgan fingerprint density at radius 3 is 2.68 bits per heavy atom. The molecule has 1 aromatic carbocycles. The first-order valence-corrected chi connectivity index (χ1v) is 6.96. The fourth-order valence-corrected chi connectivity index (χ4v) is 2.78. The molecule has 3 nitrogen and oxygen atoms in total. The van der Waals surface area contributed by atoms with Gasteiger partial charge >= 0.3 is 0 Å². The first kappa shape index (κ1) is 14.0. The molecule has 2 rings (SSSR count). The highest BCUT2D eigenvalue weighted by Crippen LogP contribution is 2.28. The molecular weight excluding hydrogens is 243 g/mol. The number of nitrogens with two attached hydrogens (primary N) is 1. The Morgan fingerprint density at radius 2 is 2.05 bits per heavy atom. The molecule has 0 saturated heterocycles. The fraction of sp³-hybridized carbons (Fsp3) is 0.533. The smallest absolute Gasteiger partial charge is 0.231 e. The van der Waals surface area contributed by atoms with Gasteiger partial charge < -0.3 is 10.6 Å². The van der Waals surface area contributed by atoms with Gasteiger partial charge in [-0.05, 0) is 31.9 Å². The fourth-order valence-electron chi connectivity index (χ4n) is 2.78. The normalized spacial score (nSPS) is 23.1. The number of carbonyl (C=O) groups is 1. The summed E-state index contributed by atoms with van der Waals surface area (Å²) in [6.45, 7) is 2.32. The van der Waals surface area contributed by atoms with Crippen molar-refractivity contribution in [3.63, 3.8) is 0 Å². The molecule has 2 unspecified atom stereocenters. The highest BCUT2D eigenvalue weighted by molar-refractivity contribution is 5.95. The lowest BCUT2D eigenvalue weighted by Gasteiger charge is -2.32. The van der Waals surface area contributed by atoms with Crippen molar-refractivity contribution in [3.8, 4) is 0 Å². The van der Waals surface area contributed by atoms with E-state index >= 15 is 0 Å². The molecule has 1 fully saturated rings. The van der Waals surface area contributed by atoms with Gasteiger partial charge in [-0.25, -0.2) is 4.39 Å². The van der Waals surface area contributed by atoms with Crippen LogP contribution in [-0.2, 0) is 4.79 Å². The van der Waals surface area contributed by atoms with E-state index in [9.17, 15) is 9.18 Å². The van der Waals surface area contributed by atoms with Crippen LogP contribution in [0.15, 0.2) is 24.3 Å². The Labute approximate surface area is 113 Å². The molecular formula is C15H21FN2O. The monoisotopic (exact) mass is 264 g/mol. The van der Waals surface area contributed by atoms with Gasteiger partial charge in [0.25, 0.3) is 0 Å². The number of hydrogen-bond donors (Lipinski definition) is 1. The minimum Gasteiger partial charge on any atom is -0.327 e. The van der Waals surface area contributed by atoms with Crippen LogP contribution < -0.4 is 10.6 Å². The van der Waals surface area contributed by atoms with Crippen LogP contribution in [0.4, 0.5) is 10.1 Å². The third-order valence-corrected chi connectivity index (χ3v) is 3.86. The topological polar surface area (TPSA) is 46.3 Å². The predicted molar refractivity (Wildman–Crippen MR) is 74.4 cm³/mol. The maximum absolute atomic E-state index is 13.8. The van der Waals surface area contributed by atoms with E-state index in [0.29, 0.717) is 12.2 Å². The van der Waals surface area contributed by atoms with Crippen molar-refractivity contribution in [1.29, 1.82) is 0 Å². The molecule has 1 saturated carbocycles. The van der Waals surface area contributed by atoms with Gasteiger partial charge in [0.1, 0.15) is 5.82 Å². The van der Waals surface area contributed by atoms with Crippen LogP contribution in [0.3, 0.4) is 0 Å². The number of nitrogens with zero attached hydrogens (tertiary/aromatic N) is 1. The van der Waals surface area contributed by atoms with E-state index in [2.05, 4.69) is 0 Å². The van der Waals surface area contributed by atoms with Gasteiger partial charge in [-0.15, -0.1) is 0 Å². The molecule has 1 amide bonds. The van der Waals surface area contributed by atoms with Crippen molar-refractivity contribution >= 4 is 11.6 Å². The van der Waals surface area contributed by atoms with Gasteiger partial charge in [0.2, 0.25) is 5.91 Å². The molecule has 104 valence electrons. The second-order valence-corrected chi connectivity index (χ2v) is 5.09. The molecule has 1 aliphatic carbocycles. The Bertz CT molecular complexity index is 450. The molecule has 0 radical (unpaired) electrons. The number of halogens is 1. The van der Waals surface area contributed by atoms with Crippen molar-refractivity contribution < 1.29 is 9.18 Å². The second kappa shape index (κ2) is 6.15. The summed E-state index contributed by atoms with van der Waals surface area (Å²) in [5, 5.41) is 0. The molecule has 1 aliphatic rings. The average molecular weight is 264 g/mol. The first-order valence-electron chi connectivity index (χ1n) is 6.96. The van der Waals surface area contributed by atoms with Gasteiger partial charge in [0.05, 0.1) is 11.6 Å². The highest BCUT2D eigenvalue weighted by Gasteiger charge is 2.32. The Kier molecular flexibility index (Phi) is 4.53. The first-order chi connectivity index (χ1) is 9.15. The molecule has 0 spiro atoms. The highest BCUT2D eigenvalue weighted by atomic mass is 19.1. The number of para-hydroxylation sites is 1. The molecule has 2 N–H and O–H groups in total. The molecule has 0 aliphatic heterocycles. The SMILES string of the molecule is CCN(C(=O)C1CCCCC1N)c1ccccc1F. The number of carbonyl (C=O) groups excluding carboxylic acids is 1. The Balaban J connectivity index is 2.22. The van der Waals surface area contributed by atoms with Crippen LogP contribution in [0.25, 0.3) is 0 Å². The van der Waals surface area contributed by atoms with Crippen molar-refractivity contribution in [1.82, 2.24) is 0 Å². The molecule has 19 heavy (non-hydrogen) atoms. The quantitative estimate of drug-likeness (QED) is 0.912. The lowest BCUT2D eigenvalue weighted by atomic mass is 9.84. The van der Waals surface area contributed by atoms with Crippen LogP contribution in [0, 0.1) is 11.7 Å². The van der Waals surface area contributed by atoms with E-state index in [1.807, 2.05) is 6.92 Å². The summed E-state index contributed by atoms with van der Waals surface area (Å²) in [6, 6.07) is 6.30. The minimum absolute atomic E-state index is 0.0419. The summed E-state index contributed by atoms with van der Waals surface area (Å²) in [5.41, 5.74) is 6.40. The largest absolute Gasteiger partial charge is 0.327 e. The summed E-state index contributed by atoms with van der Waals surface area (Å²) >= 11 is 0. The number of hydrogen-bond acceptors (Lipinski definition) is 2. The van der Waals surface area contributed by atoms with Crippen LogP contribution in [0.5, 0.6) is 0 Å². The van der Waals surface area contributed by atoms with Crippen LogP contribution in [0.1, 0.15) is 32.6 Å². The summed E-state index contributed by atoms with van der Waals surface area (Å²) in [6.07, 6.45) is 3.80. The number of rotatable bonds is 3. The summed E-state index contributed by atoms with van der Waals surface area (Å²) in [7, 11) is 0. The molecule has 4 heteroatoms. The van der Waals surface area contributed by atoms with Crippen molar-refractivity contribution in [2.24, 2.45) is 11.7 Å². The second-order valence-electron chi connectivity index (χ2n) is 5.09. The lowest BCUT2D eigenvalue weighted by Crippen LogP contribution is -2.46. The molecule has 2 atom stereocenters. The molecule has 0 heterocycles. The van der Waals surface area contributed by atoms with Crippen LogP contribution in [-0.4, -0.2) is 18.5 Å². The zero-order valence-corrected chi connectivity index (χ0v) is 11.3. The van der Waals surface area contributed by atoms with Gasteiger partial charge in [-0.1, -0.05) is 25.0 Å². The predicted octanol–water partition coefficient (Wildman–Crippen LogP) is 2.70. The van der Waals surface area contributed by atoms with E-state index < -0.39 is 0 Å². The number of benzene rings is 1. The van der Waals surface area contributed by atoms with Crippen molar-refractivity contribution in [2.45, 2.75) is 38.6 Å². The van der Waals surface area contributed by atoms with Gasteiger partial charge in [-0.2, -0.15) is 0 Å². The Morgan fingerprint density at radius 1 is 1.37 bits per heavy atom. The number of amides is 1. The molecule has 0 bridgehead atoms. The van der Waals surface area contributed by atoms with E-state index in [0.717, 1.165) is 25.7 Å². The lowest BCUT2D eigenvalue weighted by molar-refractivity contribution is -0.123. The maximum Gasteiger partial charge on any atom is 0.231 e. The van der Waals surface area contributed by atoms with E-state index in [4.69, 9.17) is 5.73 Å². The van der Waals surface area contributed by atoms with Crippen molar-refractivity contribution in [3.05, 3.63) is 30.1 Å². The maximum atomic E-state index is 13.8. The minimum atomic E-state index is -0.359. The Hall–Kier alpha value is -1.42.